The van der Waals surface area contributed by atoms with Crippen molar-refractivity contribution < 1.29 is 18.7 Å². The van der Waals surface area contributed by atoms with Crippen LogP contribution < -0.4 is 5.32 Å². The maximum Gasteiger partial charge on any atom is 0.312 e. The quantitative estimate of drug-likeness (QED) is 0.796. The van der Waals surface area contributed by atoms with Crippen LogP contribution in [0.3, 0.4) is 0 Å². The minimum absolute atomic E-state index is 0.0170. The molecule has 2 rings (SSSR count). The molecule has 3 nitrogen and oxygen atoms in total. The Morgan fingerprint density at radius 1 is 1.19 bits per heavy atom. The molecule has 2 aromatic rings. The number of benzene rings is 2. The smallest absolute Gasteiger partial charge is 0.312 e. The highest BCUT2D eigenvalue weighted by molar-refractivity contribution is 9.10. The van der Waals surface area contributed by atoms with Gasteiger partial charge in [0.25, 0.3) is 0 Å². The van der Waals surface area contributed by atoms with E-state index in [9.17, 15) is 18.7 Å². The van der Waals surface area contributed by atoms with Gasteiger partial charge in [0.2, 0.25) is 0 Å². The molecular formula is C15H12BrF2NO2. The largest absolute Gasteiger partial charge is 0.481 e. The molecule has 0 heterocycles. The Kier molecular flexibility index (Phi) is 4.90. The van der Waals surface area contributed by atoms with E-state index in [4.69, 9.17) is 0 Å². The van der Waals surface area contributed by atoms with Crippen LogP contribution in [0.2, 0.25) is 0 Å². The predicted octanol–water partition coefficient (Wildman–Crippen LogP) is 4.01. The van der Waals surface area contributed by atoms with Crippen molar-refractivity contribution in [2.24, 2.45) is 0 Å². The van der Waals surface area contributed by atoms with Crippen LogP contribution in [0.4, 0.5) is 14.5 Å². The summed E-state index contributed by atoms with van der Waals surface area (Å²) in [5.74, 6) is -3.16. The van der Waals surface area contributed by atoms with Gasteiger partial charge >= 0.3 is 5.97 Å². The first-order chi connectivity index (χ1) is 9.99. The molecule has 0 saturated carbocycles. The van der Waals surface area contributed by atoms with Gasteiger partial charge in [-0.05, 0) is 27.6 Å². The van der Waals surface area contributed by atoms with Crippen LogP contribution in [0.25, 0.3) is 0 Å². The van der Waals surface area contributed by atoms with Gasteiger partial charge in [-0.1, -0.05) is 30.3 Å². The highest BCUT2D eigenvalue weighted by Gasteiger charge is 2.20. The van der Waals surface area contributed by atoms with Gasteiger partial charge in [0.05, 0.1) is 16.1 Å². The summed E-state index contributed by atoms with van der Waals surface area (Å²) >= 11 is 2.88. The Balaban J connectivity index is 2.17. The van der Waals surface area contributed by atoms with Crippen molar-refractivity contribution in [3.8, 4) is 0 Å². The zero-order valence-electron chi connectivity index (χ0n) is 10.8. The zero-order valence-corrected chi connectivity index (χ0v) is 12.4. The summed E-state index contributed by atoms with van der Waals surface area (Å²) in [6, 6.07) is 10.6. The monoisotopic (exact) mass is 355 g/mol. The van der Waals surface area contributed by atoms with E-state index in [2.05, 4.69) is 21.2 Å². The lowest BCUT2D eigenvalue weighted by molar-refractivity contribution is -0.138. The molecule has 0 aliphatic carbocycles. The second-order valence-electron chi connectivity index (χ2n) is 4.43. The molecule has 0 spiro atoms. The number of rotatable bonds is 5. The number of nitrogens with one attached hydrogen (secondary N) is 1. The van der Waals surface area contributed by atoms with Crippen LogP contribution in [-0.2, 0) is 4.79 Å². The van der Waals surface area contributed by atoms with Crippen LogP contribution in [-0.4, -0.2) is 17.6 Å². The lowest BCUT2D eigenvalue weighted by Gasteiger charge is -2.15. The maximum absolute atomic E-state index is 13.7. The van der Waals surface area contributed by atoms with Gasteiger partial charge in [0.1, 0.15) is 11.6 Å². The van der Waals surface area contributed by atoms with E-state index in [1.807, 2.05) is 0 Å². The van der Waals surface area contributed by atoms with Crippen molar-refractivity contribution in [2.75, 3.05) is 11.9 Å². The van der Waals surface area contributed by atoms with Crippen molar-refractivity contribution in [3.63, 3.8) is 0 Å². The van der Waals surface area contributed by atoms with E-state index in [-0.39, 0.29) is 16.7 Å². The predicted molar refractivity (Wildman–Crippen MR) is 79.4 cm³/mol. The SMILES string of the molecule is O=C(O)C(CNc1cc(F)c(Br)cc1F)c1ccccc1. The van der Waals surface area contributed by atoms with Crippen LogP contribution in [0.5, 0.6) is 0 Å². The second-order valence-corrected chi connectivity index (χ2v) is 5.28. The fourth-order valence-electron chi connectivity index (χ4n) is 1.90. The number of anilines is 1. The molecule has 0 saturated heterocycles. The molecule has 6 heteroatoms. The summed E-state index contributed by atoms with van der Waals surface area (Å²) in [5, 5.41) is 11.9. The molecule has 0 bridgehead atoms. The zero-order chi connectivity index (χ0) is 15.4. The first-order valence-electron chi connectivity index (χ1n) is 6.15. The summed E-state index contributed by atoms with van der Waals surface area (Å²) in [7, 11) is 0. The first kappa shape index (κ1) is 15.4. The molecule has 0 aromatic heterocycles. The second kappa shape index (κ2) is 6.67. The summed E-state index contributed by atoms with van der Waals surface area (Å²) in [6.07, 6.45) is 0. The molecule has 2 N–H and O–H groups in total. The Morgan fingerprint density at radius 3 is 2.48 bits per heavy atom. The Bertz CT molecular complexity index is 650. The summed E-state index contributed by atoms with van der Waals surface area (Å²) in [5.41, 5.74) is 0.522. The topological polar surface area (TPSA) is 49.3 Å². The van der Waals surface area contributed by atoms with Crippen molar-refractivity contribution in [1.82, 2.24) is 0 Å². The molecule has 1 atom stereocenters. The first-order valence-corrected chi connectivity index (χ1v) is 6.94. The highest BCUT2D eigenvalue weighted by atomic mass is 79.9. The third-order valence-corrected chi connectivity index (χ3v) is 3.61. The fraction of sp³-hybridized carbons (Fsp3) is 0.133. The fourth-order valence-corrected chi connectivity index (χ4v) is 2.22. The Hall–Kier alpha value is -1.95. The van der Waals surface area contributed by atoms with Gasteiger partial charge < -0.3 is 10.4 Å². The minimum Gasteiger partial charge on any atom is -0.481 e. The lowest BCUT2D eigenvalue weighted by atomic mass is 9.99. The molecule has 0 amide bonds. The minimum atomic E-state index is -1.04. The van der Waals surface area contributed by atoms with Gasteiger partial charge in [-0.25, -0.2) is 8.78 Å². The number of hydrogen-bond donors (Lipinski definition) is 2. The molecule has 1 unspecified atom stereocenters. The van der Waals surface area contributed by atoms with E-state index >= 15 is 0 Å². The van der Waals surface area contributed by atoms with E-state index in [1.165, 1.54) is 0 Å². The molecule has 2 aromatic carbocycles. The standard InChI is InChI=1S/C15H12BrF2NO2/c16-11-6-13(18)14(7-12(11)17)19-8-10(15(20)21)9-4-2-1-3-5-9/h1-7,10,19H,8H2,(H,20,21). The number of carbonyl (C=O) groups is 1. The average molecular weight is 356 g/mol. The molecule has 0 aliphatic rings. The van der Waals surface area contributed by atoms with E-state index in [1.54, 1.807) is 30.3 Å². The third-order valence-electron chi connectivity index (χ3n) is 3.01. The van der Waals surface area contributed by atoms with E-state index < -0.39 is 23.5 Å². The van der Waals surface area contributed by atoms with Gasteiger partial charge in [-0.15, -0.1) is 0 Å². The molecule has 0 fully saturated rings. The Morgan fingerprint density at radius 2 is 1.86 bits per heavy atom. The summed E-state index contributed by atoms with van der Waals surface area (Å²) in [4.78, 5) is 11.3. The van der Waals surface area contributed by atoms with Crippen LogP contribution in [0.1, 0.15) is 11.5 Å². The molecule has 110 valence electrons. The maximum atomic E-state index is 13.7. The normalized spacial score (nSPS) is 12.0. The van der Waals surface area contributed by atoms with Crippen molar-refractivity contribution >= 4 is 27.6 Å². The number of carboxylic acids is 1. The molecule has 0 aliphatic heterocycles. The van der Waals surface area contributed by atoms with Gasteiger partial charge in [0.15, 0.2) is 0 Å². The highest BCUT2D eigenvalue weighted by Crippen LogP contribution is 2.24. The molecule has 21 heavy (non-hydrogen) atoms. The Labute approximate surface area is 128 Å². The summed E-state index contributed by atoms with van der Waals surface area (Å²) < 4.78 is 27.1. The van der Waals surface area contributed by atoms with Crippen molar-refractivity contribution in [2.45, 2.75) is 5.92 Å². The van der Waals surface area contributed by atoms with E-state index in [0.717, 1.165) is 12.1 Å². The lowest BCUT2D eigenvalue weighted by Crippen LogP contribution is -2.21. The number of aliphatic carboxylic acids is 1. The van der Waals surface area contributed by atoms with E-state index in [0.29, 0.717) is 5.56 Å². The molecule has 0 radical (unpaired) electrons. The average Bonchev–Trinajstić information content (AvgIpc) is 2.45. The number of hydrogen-bond acceptors (Lipinski definition) is 2. The van der Waals surface area contributed by atoms with Gasteiger partial charge in [-0.2, -0.15) is 0 Å². The van der Waals surface area contributed by atoms with Crippen molar-refractivity contribution in [1.29, 1.82) is 0 Å². The van der Waals surface area contributed by atoms with Crippen molar-refractivity contribution in [3.05, 3.63) is 64.1 Å². The van der Waals surface area contributed by atoms with Crippen LogP contribution >= 0.6 is 15.9 Å². The van der Waals surface area contributed by atoms with Crippen LogP contribution in [0, 0.1) is 11.6 Å². The van der Waals surface area contributed by atoms with Gasteiger partial charge in [0, 0.05) is 12.6 Å². The molecular weight excluding hydrogens is 344 g/mol. The number of halogens is 3. The summed E-state index contributed by atoms with van der Waals surface area (Å²) in [6.45, 7) is -0.0443. The van der Waals surface area contributed by atoms with Crippen LogP contribution in [0.15, 0.2) is 46.9 Å². The number of carboxylic acid groups (broad SMARTS) is 1. The third kappa shape index (κ3) is 3.78. The van der Waals surface area contributed by atoms with Gasteiger partial charge in [-0.3, -0.25) is 4.79 Å².